The Labute approximate surface area is 91.3 Å². The lowest BCUT2D eigenvalue weighted by molar-refractivity contribution is 0.171. The maximum absolute atomic E-state index is 5.54. The van der Waals surface area contributed by atoms with E-state index in [-0.39, 0.29) is 0 Å². The van der Waals surface area contributed by atoms with Gasteiger partial charge in [0.25, 0.3) is 0 Å². The molecule has 0 aromatic heterocycles. The molecule has 74 valence electrons. The van der Waals surface area contributed by atoms with Crippen molar-refractivity contribution < 1.29 is 9.47 Å². The van der Waals surface area contributed by atoms with Gasteiger partial charge in [-0.3, -0.25) is 0 Å². The van der Waals surface area contributed by atoms with Gasteiger partial charge in [-0.2, -0.15) is 0 Å². The number of alkyl halides is 1. The minimum absolute atomic E-state index is 0.657. The molecule has 1 aliphatic carbocycles. The molecule has 3 heteroatoms. The molecule has 14 heavy (non-hydrogen) atoms. The standard InChI is InChI=1S/C11H11BrO2/c12-9-6-8(9)7-1-2-10-11(5-7)14-4-3-13-10/h1-2,5,8-9H,3-4,6H2/t8-,9+/m0/s1. The third-order valence-corrected chi connectivity index (χ3v) is 3.72. The second-order valence-electron chi connectivity index (χ2n) is 3.76. The maximum atomic E-state index is 5.54. The molecule has 0 bridgehead atoms. The van der Waals surface area contributed by atoms with Gasteiger partial charge in [-0.15, -0.1) is 0 Å². The topological polar surface area (TPSA) is 18.5 Å². The van der Waals surface area contributed by atoms with E-state index in [9.17, 15) is 0 Å². The van der Waals surface area contributed by atoms with Gasteiger partial charge in [-0.1, -0.05) is 22.0 Å². The molecule has 1 saturated carbocycles. The highest BCUT2D eigenvalue weighted by atomic mass is 79.9. The first-order valence-electron chi connectivity index (χ1n) is 4.88. The molecular formula is C11H11BrO2. The zero-order valence-corrected chi connectivity index (χ0v) is 9.29. The molecule has 2 atom stereocenters. The van der Waals surface area contributed by atoms with Crippen LogP contribution in [0.2, 0.25) is 0 Å². The Kier molecular flexibility index (Phi) is 1.94. The van der Waals surface area contributed by atoms with Gasteiger partial charge in [-0.05, 0) is 30.0 Å². The fourth-order valence-electron chi connectivity index (χ4n) is 1.80. The third kappa shape index (κ3) is 1.40. The van der Waals surface area contributed by atoms with Crippen LogP contribution >= 0.6 is 15.9 Å². The minimum Gasteiger partial charge on any atom is -0.486 e. The lowest BCUT2D eigenvalue weighted by Gasteiger charge is -2.18. The lowest BCUT2D eigenvalue weighted by atomic mass is 10.1. The summed E-state index contributed by atoms with van der Waals surface area (Å²) in [5, 5.41) is 0. The number of ether oxygens (including phenoxy) is 2. The van der Waals surface area contributed by atoms with Crippen LogP contribution in [0.25, 0.3) is 0 Å². The second kappa shape index (κ2) is 3.16. The van der Waals surface area contributed by atoms with E-state index < -0.39 is 0 Å². The van der Waals surface area contributed by atoms with Crippen LogP contribution in [0.5, 0.6) is 11.5 Å². The molecule has 1 fully saturated rings. The summed E-state index contributed by atoms with van der Waals surface area (Å²) in [6.07, 6.45) is 1.24. The lowest BCUT2D eigenvalue weighted by Crippen LogP contribution is -2.15. The van der Waals surface area contributed by atoms with Crippen molar-refractivity contribution in [2.45, 2.75) is 17.2 Å². The Morgan fingerprint density at radius 1 is 1.14 bits per heavy atom. The number of hydrogen-bond donors (Lipinski definition) is 0. The molecule has 2 aliphatic rings. The largest absolute Gasteiger partial charge is 0.486 e. The molecule has 1 aromatic rings. The van der Waals surface area contributed by atoms with Crippen molar-refractivity contribution >= 4 is 15.9 Å². The van der Waals surface area contributed by atoms with Crippen molar-refractivity contribution in [2.24, 2.45) is 0 Å². The van der Waals surface area contributed by atoms with E-state index in [1.165, 1.54) is 12.0 Å². The molecule has 1 aromatic carbocycles. The van der Waals surface area contributed by atoms with E-state index in [1.54, 1.807) is 0 Å². The van der Waals surface area contributed by atoms with E-state index in [1.807, 2.05) is 6.07 Å². The zero-order valence-electron chi connectivity index (χ0n) is 7.70. The van der Waals surface area contributed by atoms with Gasteiger partial charge in [0, 0.05) is 4.83 Å². The van der Waals surface area contributed by atoms with E-state index in [2.05, 4.69) is 28.1 Å². The van der Waals surface area contributed by atoms with Crippen LogP contribution < -0.4 is 9.47 Å². The summed E-state index contributed by atoms with van der Waals surface area (Å²) in [6.45, 7) is 1.33. The van der Waals surface area contributed by atoms with Crippen LogP contribution in [0.15, 0.2) is 18.2 Å². The molecule has 3 rings (SSSR count). The SMILES string of the molecule is Br[C@@H]1C[C@H]1c1ccc2c(c1)OCCO2. The van der Waals surface area contributed by atoms with E-state index >= 15 is 0 Å². The second-order valence-corrected chi connectivity index (χ2v) is 4.94. The number of fused-ring (bicyclic) bond motifs is 1. The monoisotopic (exact) mass is 254 g/mol. The predicted octanol–water partition coefficient (Wildman–Crippen LogP) is 2.71. The summed E-state index contributed by atoms with van der Waals surface area (Å²) < 4.78 is 11.0. The van der Waals surface area contributed by atoms with Crippen LogP contribution in [0.1, 0.15) is 17.9 Å². The highest BCUT2D eigenvalue weighted by molar-refractivity contribution is 9.09. The molecule has 0 N–H and O–H groups in total. The highest BCUT2D eigenvalue weighted by Gasteiger charge is 2.36. The van der Waals surface area contributed by atoms with Gasteiger partial charge in [0.1, 0.15) is 13.2 Å². The van der Waals surface area contributed by atoms with Crippen LogP contribution in [0.3, 0.4) is 0 Å². The summed E-state index contributed by atoms with van der Waals surface area (Å²) in [5.41, 5.74) is 1.36. The zero-order chi connectivity index (χ0) is 9.54. The molecular weight excluding hydrogens is 244 g/mol. The Morgan fingerprint density at radius 3 is 2.57 bits per heavy atom. The first-order valence-corrected chi connectivity index (χ1v) is 5.80. The molecule has 1 aliphatic heterocycles. The normalized spacial score (nSPS) is 28.6. The van der Waals surface area contributed by atoms with Gasteiger partial charge in [0.05, 0.1) is 0 Å². The number of halogens is 1. The van der Waals surface area contributed by atoms with Gasteiger partial charge in [0.15, 0.2) is 11.5 Å². The first-order chi connectivity index (χ1) is 6.84. The van der Waals surface area contributed by atoms with Crippen LogP contribution in [0.4, 0.5) is 0 Å². The fourth-order valence-corrected chi connectivity index (χ4v) is 2.51. The molecule has 2 nitrogen and oxygen atoms in total. The van der Waals surface area contributed by atoms with Crippen LogP contribution in [-0.4, -0.2) is 18.0 Å². The van der Waals surface area contributed by atoms with Crippen LogP contribution in [0, 0.1) is 0 Å². The van der Waals surface area contributed by atoms with Crippen molar-refractivity contribution in [1.29, 1.82) is 0 Å². The average Bonchev–Trinajstić information content (AvgIpc) is 2.95. The molecule has 0 unspecified atom stereocenters. The Hall–Kier alpha value is -0.700. The third-order valence-electron chi connectivity index (χ3n) is 2.71. The molecule has 0 amide bonds. The van der Waals surface area contributed by atoms with Crippen molar-refractivity contribution in [2.75, 3.05) is 13.2 Å². The smallest absolute Gasteiger partial charge is 0.161 e. The summed E-state index contributed by atoms with van der Waals surface area (Å²) >= 11 is 3.61. The Bertz CT molecular complexity index is 364. The maximum Gasteiger partial charge on any atom is 0.161 e. The van der Waals surface area contributed by atoms with Crippen molar-refractivity contribution in [3.63, 3.8) is 0 Å². The molecule has 1 heterocycles. The predicted molar refractivity (Wildman–Crippen MR) is 57.5 cm³/mol. The van der Waals surface area contributed by atoms with Crippen LogP contribution in [-0.2, 0) is 0 Å². The quantitative estimate of drug-likeness (QED) is 0.718. The van der Waals surface area contributed by atoms with Crippen molar-refractivity contribution in [3.05, 3.63) is 23.8 Å². The van der Waals surface area contributed by atoms with Gasteiger partial charge in [-0.25, -0.2) is 0 Å². The molecule has 0 spiro atoms. The van der Waals surface area contributed by atoms with E-state index in [4.69, 9.17) is 9.47 Å². The highest BCUT2D eigenvalue weighted by Crippen LogP contribution is 2.48. The summed E-state index contributed by atoms with van der Waals surface area (Å²) in [4.78, 5) is 0.657. The van der Waals surface area contributed by atoms with Gasteiger partial charge >= 0.3 is 0 Å². The minimum atomic E-state index is 0.657. The van der Waals surface area contributed by atoms with E-state index in [0.29, 0.717) is 24.0 Å². The number of rotatable bonds is 1. The molecule has 0 saturated heterocycles. The van der Waals surface area contributed by atoms with Crippen molar-refractivity contribution in [1.82, 2.24) is 0 Å². The summed E-state index contributed by atoms with van der Waals surface area (Å²) in [6, 6.07) is 6.27. The fraction of sp³-hybridized carbons (Fsp3) is 0.455. The summed E-state index contributed by atoms with van der Waals surface area (Å²) in [5.74, 6) is 2.46. The average molecular weight is 255 g/mol. The Morgan fingerprint density at radius 2 is 1.86 bits per heavy atom. The molecule has 0 radical (unpaired) electrons. The van der Waals surface area contributed by atoms with Gasteiger partial charge < -0.3 is 9.47 Å². The number of hydrogen-bond acceptors (Lipinski definition) is 2. The Balaban J connectivity index is 1.93. The first kappa shape index (κ1) is 8.60. The van der Waals surface area contributed by atoms with E-state index in [0.717, 1.165) is 11.5 Å². The van der Waals surface area contributed by atoms with Crippen molar-refractivity contribution in [3.8, 4) is 11.5 Å². The van der Waals surface area contributed by atoms with Gasteiger partial charge in [0.2, 0.25) is 0 Å². The summed E-state index contributed by atoms with van der Waals surface area (Å²) in [7, 11) is 0. The number of benzene rings is 1.